The Balaban J connectivity index is 1.79. The van der Waals surface area contributed by atoms with Gasteiger partial charge >= 0.3 is 0 Å². The van der Waals surface area contributed by atoms with E-state index in [2.05, 4.69) is 16.7 Å². The molecule has 0 saturated heterocycles. The van der Waals surface area contributed by atoms with Gasteiger partial charge in [0.15, 0.2) is 11.5 Å². The van der Waals surface area contributed by atoms with Crippen LogP contribution in [0.3, 0.4) is 0 Å². The van der Waals surface area contributed by atoms with Gasteiger partial charge in [-0.15, -0.1) is 0 Å². The molecule has 1 heterocycles. The number of nitrogens with one attached hydrogen (secondary N) is 2. The van der Waals surface area contributed by atoms with Gasteiger partial charge in [-0.2, -0.15) is 5.26 Å². The van der Waals surface area contributed by atoms with Crippen LogP contribution in [0.25, 0.3) is 0 Å². The highest BCUT2D eigenvalue weighted by molar-refractivity contribution is 8.03. The highest BCUT2D eigenvalue weighted by Gasteiger charge is 2.30. The SMILES string of the molecule is COc1ccc([C@H]2CC(=O)NC(SCC(=O)Nc3ccc(F)cc3)=C2C#N)cc1OC. The van der Waals surface area contributed by atoms with Crippen molar-refractivity contribution in [1.82, 2.24) is 5.32 Å². The number of halogens is 1. The summed E-state index contributed by atoms with van der Waals surface area (Å²) >= 11 is 1.06. The molecule has 0 spiro atoms. The highest BCUT2D eigenvalue weighted by Crippen LogP contribution is 2.39. The molecule has 2 aromatic carbocycles. The number of benzene rings is 2. The van der Waals surface area contributed by atoms with E-state index in [1.54, 1.807) is 18.2 Å². The summed E-state index contributed by atoms with van der Waals surface area (Å²) < 4.78 is 23.6. The summed E-state index contributed by atoms with van der Waals surface area (Å²) in [7, 11) is 3.04. The van der Waals surface area contributed by atoms with Crippen LogP contribution >= 0.6 is 11.8 Å². The number of hydrogen-bond donors (Lipinski definition) is 2. The van der Waals surface area contributed by atoms with Gasteiger partial charge in [-0.05, 0) is 42.0 Å². The number of amides is 2. The summed E-state index contributed by atoms with van der Waals surface area (Å²) in [4.78, 5) is 24.6. The number of carbonyl (C=O) groups is 2. The number of rotatable bonds is 7. The Morgan fingerprint density at radius 1 is 1.23 bits per heavy atom. The second-order valence-corrected chi connectivity index (χ2v) is 7.60. The van der Waals surface area contributed by atoms with Gasteiger partial charge in [0.25, 0.3) is 0 Å². The van der Waals surface area contributed by atoms with Gasteiger partial charge in [-0.1, -0.05) is 17.8 Å². The number of nitrogens with zero attached hydrogens (tertiary/aromatic N) is 1. The predicted molar refractivity (Wildman–Crippen MR) is 115 cm³/mol. The van der Waals surface area contributed by atoms with Gasteiger partial charge in [0.1, 0.15) is 5.82 Å². The van der Waals surface area contributed by atoms with Gasteiger partial charge in [-0.3, -0.25) is 9.59 Å². The maximum Gasteiger partial charge on any atom is 0.234 e. The second kappa shape index (κ2) is 10.00. The van der Waals surface area contributed by atoms with Crippen LogP contribution in [0.4, 0.5) is 10.1 Å². The first-order chi connectivity index (χ1) is 14.9. The number of ether oxygens (including phenoxy) is 2. The van der Waals surface area contributed by atoms with Crippen molar-refractivity contribution in [3.05, 3.63) is 64.4 Å². The van der Waals surface area contributed by atoms with E-state index in [0.717, 1.165) is 17.3 Å². The van der Waals surface area contributed by atoms with Gasteiger partial charge in [0.2, 0.25) is 11.8 Å². The normalized spacial score (nSPS) is 15.7. The van der Waals surface area contributed by atoms with Crippen molar-refractivity contribution in [3.8, 4) is 17.6 Å². The highest BCUT2D eigenvalue weighted by atomic mass is 32.2. The Bertz CT molecular complexity index is 1060. The van der Waals surface area contributed by atoms with E-state index in [-0.39, 0.29) is 24.0 Å². The Hall–Kier alpha value is -3.51. The number of anilines is 1. The number of hydrogen-bond acceptors (Lipinski definition) is 6. The van der Waals surface area contributed by atoms with E-state index in [1.807, 2.05) is 0 Å². The average Bonchev–Trinajstić information content (AvgIpc) is 2.78. The standard InChI is InChI=1S/C22H20FN3O4S/c1-29-18-8-3-13(9-19(18)30-2)16-10-20(27)26-22(17(16)11-24)31-12-21(28)25-15-6-4-14(23)5-7-15/h3-9,16H,10,12H2,1-2H3,(H,25,28)(H,26,27)/t16-/m1/s1. The number of thioether (sulfide) groups is 1. The molecule has 2 N–H and O–H groups in total. The molecule has 1 aliphatic rings. The molecule has 0 aliphatic carbocycles. The molecule has 7 nitrogen and oxygen atoms in total. The summed E-state index contributed by atoms with van der Waals surface area (Å²) in [6.07, 6.45) is 0.101. The molecule has 2 aromatic rings. The fourth-order valence-corrected chi connectivity index (χ4v) is 4.03. The van der Waals surface area contributed by atoms with E-state index in [0.29, 0.717) is 27.8 Å². The van der Waals surface area contributed by atoms with Crippen LogP contribution in [-0.4, -0.2) is 31.8 Å². The zero-order chi connectivity index (χ0) is 22.4. The molecule has 0 saturated carbocycles. The van der Waals surface area contributed by atoms with Crippen molar-refractivity contribution >= 4 is 29.3 Å². The largest absolute Gasteiger partial charge is 0.493 e. The summed E-state index contributed by atoms with van der Waals surface area (Å²) in [5.41, 5.74) is 1.56. The van der Waals surface area contributed by atoms with Crippen LogP contribution in [0, 0.1) is 17.1 Å². The minimum absolute atomic E-state index is 0.0309. The molecule has 0 unspecified atom stereocenters. The van der Waals surface area contributed by atoms with Crippen molar-refractivity contribution in [2.24, 2.45) is 0 Å². The molecule has 0 aromatic heterocycles. The predicted octanol–water partition coefficient (Wildman–Crippen LogP) is 3.55. The minimum atomic E-state index is -0.471. The fourth-order valence-electron chi connectivity index (χ4n) is 3.16. The lowest BCUT2D eigenvalue weighted by Gasteiger charge is -2.25. The van der Waals surface area contributed by atoms with E-state index < -0.39 is 11.7 Å². The molecular weight excluding hydrogens is 421 g/mol. The van der Waals surface area contributed by atoms with Crippen molar-refractivity contribution in [3.63, 3.8) is 0 Å². The van der Waals surface area contributed by atoms with E-state index >= 15 is 0 Å². The van der Waals surface area contributed by atoms with Gasteiger partial charge < -0.3 is 20.1 Å². The first kappa shape index (κ1) is 22.2. The van der Waals surface area contributed by atoms with Crippen molar-refractivity contribution in [1.29, 1.82) is 5.26 Å². The third-order valence-electron chi connectivity index (χ3n) is 4.64. The van der Waals surface area contributed by atoms with Crippen LogP contribution in [0.1, 0.15) is 17.9 Å². The zero-order valence-corrected chi connectivity index (χ0v) is 17.7. The first-order valence-corrected chi connectivity index (χ1v) is 10.3. The summed E-state index contributed by atoms with van der Waals surface area (Å²) in [5, 5.41) is 15.4. The second-order valence-electron chi connectivity index (χ2n) is 6.62. The Kier molecular flexibility index (Phi) is 7.15. The Morgan fingerprint density at radius 2 is 1.94 bits per heavy atom. The van der Waals surface area contributed by atoms with Crippen molar-refractivity contribution in [2.75, 3.05) is 25.3 Å². The lowest BCUT2D eigenvalue weighted by molar-refractivity contribution is -0.121. The van der Waals surface area contributed by atoms with Crippen LogP contribution in [0.15, 0.2) is 53.1 Å². The molecule has 31 heavy (non-hydrogen) atoms. The maximum atomic E-state index is 13.0. The Morgan fingerprint density at radius 3 is 2.58 bits per heavy atom. The fraction of sp³-hybridized carbons (Fsp3) is 0.227. The molecule has 9 heteroatoms. The number of methoxy groups -OCH3 is 2. The molecule has 2 amide bonds. The van der Waals surface area contributed by atoms with E-state index in [9.17, 15) is 19.2 Å². The average molecular weight is 441 g/mol. The van der Waals surface area contributed by atoms with Crippen LogP contribution in [0.2, 0.25) is 0 Å². The molecule has 0 bridgehead atoms. The summed E-state index contributed by atoms with van der Waals surface area (Å²) in [5.74, 6) is -0.457. The third kappa shape index (κ3) is 5.35. The number of carbonyl (C=O) groups excluding carboxylic acids is 2. The maximum absolute atomic E-state index is 13.0. The van der Waals surface area contributed by atoms with Crippen LogP contribution < -0.4 is 20.1 Å². The zero-order valence-electron chi connectivity index (χ0n) is 16.9. The van der Waals surface area contributed by atoms with Crippen molar-refractivity contribution < 1.29 is 23.5 Å². The smallest absolute Gasteiger partial charge is 0.234 e. The third-order valence-corrected chi connectivity index (χ3v) is 5.66. The molecule has 3 rings (SSSR count). The monoisotopic (exact) mass is 441 g/mol. The summed E-state index contributed by atoms with van der Waals surface area (Å²) in [6.45, 7) is 0. The summed E-state index contributed by atoms with van der Waals surface area (Å²) in [6, 6.07) is 12.8. The van der Waals surface area contributed by atoms with Crippen molar-refractivity contribution in [2.45, 2.75) is 12.3 Å². The molecular formula is C22H20FN3O4S. The molecule has 160 valence electrons. The minimum Gasteiger partial charge on any atom is -0.493 e. The first-order valence-electron chi connectivity index (χ1n) is 9.29. The lowest BCUT2D eigenvalue weighted by atomic mass is 9.87. The van der Waals surface area contributed by atoms with E-state index in [1.165, 1.54) is 38.5 Å². The van der Waals surface area contributed by atoms with E-state index in [4.69, 9.17) is 9.47 Å². The van der Waals surface area contributed by atoms with Gasteiger partial charge in [0, 0.05) is 18.0 Å². The van der Waals surface area contributed by atoms with Crippen LogP contribution in [0.5, 0.6) is 11.5 Å². The quantitative estimate of drug-likeness (QED) is 0.682. The molecule has 0 fully saturated rings. The van der Waals surface area contributed by atoms with Gasteiger partial charge in [-0.25, -0.2) is 4.39 Å². The topological polar surface area (TPSA) is 100 Å². The lowest BCUT2D eigenvalue weighted by Crippen LogP contribution is -2.31. The van der Waals surface area contributed by atoms with Crippen LogP contribution in [-0.2, 0) is 9.59 Å². The molecule has 1 atom stereocenters. The van der Waals surface area contributed by atoms with Gasteiger partial charge in [0.05, 0.1) is 36.6 Å². The Labute approximate surface area is 183 Å². The molecule has 1 aliphatic heterocycles. The number of allylic oxidation sites excluding steroid dienone is 1. The molecule has 0 radical (unpaired) electrons. The number of nitriles is 1.